The molecular formula is C19H23N3O4S2. The summed E-state index contributed by atoms with van der Waals surface area (Å²) in [6, 6.07) is 7.13. The molecule has 28 heavy (non-hydrogen) atoms. The van der Waals surface area contributed by atoms with Crippen molar-refractivity contribution in [2.45, 2.75) is 50.0 Å². The Labute approximate surface area is 168 Å². The van der Waals surface area contributed by atoms with E-state index in [0.29, 0.717) is 29.0 Å². The minimum atomic E-state index is -3.05. The lowest BCUT2D eigenvalue weighted by Crippen LogP contribution is -2.43. The number of carbonyl (C=O) groups excluding carboxylic acids is 1. The van der Waals surface area contributed by atoms with Crippen molar-refractivity contribution in [1.29, 1.82) is 0 Å². The van der Waals surface area contributed by atoms with Crippen LogP contribution >= 0.6 is 11.8 Å². The van der Waals surface area contributed by atoms with Gasteiger partial charge in [0.1, 0.15) is 0 Å². The SMILES string of the molecule is CCn1c(SCC(=O)N(C2CC2)[C@@H]2CCS(=O)(=O)C2)nc2ccccc2c1=O. The number of benzene rings is 1. The van der Waals surface area contributed by atoms with Gasteiger partial charge in [-0.1, -0.05) is 23.9 Å². The molecule has 2 heterocycles. The van der Waals surface area contributed by atoms with Gasteiger partial charge >= 0.3 is 0 Å². The maximum atomic E-state index is 12.9. The zero-order valence-electron chi connectivity index (χ0n) is 15.7. The van der Waals surface area contributed by atoms with Crippen LogP contribution in [0.15, 0.2) is 34.2 Å². The average molecular weight is 422 g/mol. The first kappa shape index (κ1) is 19.4. The Balaban J connectivity index is 1.55. The summed E-state index contributed by atoms with van der Waals surface area (Å²) in [5.41, 5.74) is 0.511. The van der Waals surface area contributed by atoms with Crippen molar-refractivity contribution < 1.29 is 13.2 Å². The average Bonchev–Trinajstić information content (AvgIpc) is 3.43. The molecule has 1 aliphatic heterocycles. The number of sulfone groups is 1. The van der Waals surface area contributed by atoms with Crippen molar-refractivity contribution in [2.75, 3.05) is 17.3 Å². The van der Waals surface area contributed by atoms with Crippen LogP contribution in [-0.4, -0.2) is 58.1 Å². The van der Waals surface area contributed by atoms with Crippen LogP contribution in [0, 0.1) is 0 Å². The number of para-hydroxylation sites is 1. The molecule has 0 radical (unpaired) electrons. The molecule has 1 aromatic carbocycles. The van der Waals surface area contributed by atoms with Crippen LogP contribution in [0.3, 0.4) is 0 Å². The third-order valence-corrected chi connectivity index (χ3v) is 8.01. The fourth-order valence-corrected chi connectivity index (χ4v) is 6.43. The highest BCUT2D eigenvalue weighted by atomic mass is 32.2. The topological polar surface area (TPSA) is 89.3 Å². The van der Waals surface area contributed by atoms with E-state index in [1.807, 2.05) is 19.1 Å². The zero-order valence-corrected chi connectivity index (χ0v) is 17.3. The summed E-state index contributed by atoms with van der Waals surface area (Å²) in [6.07, 6.45) is 2.38. The second-order valence-corrected chi connectivity index (χ2v) is 10.5. The van der Waals surface area contributed by atoms with Gasteiger partial charge in [-0.25, -0.2) is 13.4 Å². The van der Waals surface area contributed by atoms with E-state index in [1.165, 1.54) is 11.8 Å². The van der Waals surface area contributed by atoms with Crippen molar-refractivity contribution in [3.05, 3.63) is 34.6 Å². The van der Waals surface area contributed by atoms with Crippen LogP contribution in [0.2, 0.25) is 0 Å². The molecule has 0 unspecified atom stereocenters. The van der Waals surface area contributed by atoms with Gasteiger partial charge in [0.05, 0.1) is 28.2 Å². The molecule has 0 N–H and O–H groups in total. The Bertz CT molecular complexity index is 1080. The van der Waals surface area contributed by atoms with Crippen molar-refractivity contribution in [2.24, 2.45) is 0 Å². The molecule has 2 fully saturated rings. The van der Waals surface area contributed by atoms with Gasteiger partial charge in [0.25, 0.3) is 5.56 Å². The fourth-order valence-electron chi connectivity index (χ4n) is 3.79. The van der Waals surface area contributed by atoms with Crippen LogP contribution in [0.25, 0.3) is 10.9 Å². The highest BCUT2D eigenvalue weighted by molar-refractivity contribution is 7.99. The van der Waals surface area contributed by atoms with Gasteiger partial charge in [-0.3, -0.25) is 14.2 Å². The molecule has 1 atom stereocenters. The predicted octanol–water partition coefficient (Wildman–Crippen LogP) is 1.69. The summed E-state index contributed by atoms with van der Waals surface area (Å²) in [7, 11) is -3.05. The number of hydrogen-bond acceptors (Lipinski definition) is 6. The summed E-state index contributed by atoms with van der Waals surface area (Å²) in [6.45, 7) is 2.35. The molecule has 0 spiro atoms. The van der Waals surface area contributed by atoms with E-state index < -0.39 is 9.84 Å². The first-order valence-corrected chi connectivity index (χ1v) is 12.3. The standard InChI is InChI=1S/C19H23N3O4S2/c1-2-21-18(24)15-5-3-4-6-16(15)20-19(21)27-11-17(23)22(13-7-8-13)14-9-10-28(25,26)12-14/h3-6,13-14H,2,7-12H2,1H3/t14-/m1/s1. The van der Waals surface area contributed by atoms with Crippen LogP contribution in [0.1, 0.15) is 26.2 Å². The lowest BCUT2D eigenvalue weighted by molar-refractivity contribution is -0.130. The third kappa shape index (κ3) is 3.82. The maximum Gasteiger partial charge on any atom is 0.262 e. The van der Waals surface area contributed by atoms with E-state index >= 15 is 0 Å². The number of thioether (sulfide) groups is 1. The molecule has 2 aliphatic rings. The van der Waals surface area contributed by atoms with Crippen molar-refractivity contribution in [3.63, 3.8) is 0 Å². The second kappa shape index (κ2) is 7.51. The number of aromatic nitrogens is 2. The zero-order chi connectivity index (χ0) is 19.9. The Morgan fingerprint density at radius 3 is 2.64 bits per heavy atom. The van der Waals surface area contributed by atoms with Crippen molar-refractivity contribution in [1.82, 2.24) is 14.5 Å². The third-order valence-electron chi connectivity index (χ3n) is 5.30. The van der Waals surface area contributed by atoms with Gasteiger partial charge < -0.3 is 4.90 Å². The maximum absolute atomic E-state index is 12.9. The Hall–Kier alpha value is -1.87. The number of amides is 1. The Morgan fingerprint density at radius 2 is 2.00 bits per heavy atom. The molecule has 1 saturated heterocycles. The number of nitrogens with zero attached hydrogens (tertiary/aromatic N) is 3. The first-order chi connectivity index (χ1) is 13.4. The van der Waals surface area contributed by atoms with Gasteiger partial charge in [-0.05, 0) is 38.3 Å². The second-order valence-electron chi connectivity index (χ2n) is 7.34. The largest absolute Gasteiger partial charge is 0.335 e. The molecule has 1 saturated carbocycles. The molecule has 1 aliphatic carbocycles. The minimum absolute atomic E-state index is 0.0633. The lowest BCUT2D eigenvalue weighted by Gasteiger charge is -2.28. The van der Waals surface area contributed by atoms with Gasteiger partial charge in [-0.15, -0.1) is 0 Å². The molecule has 150 valence electrons. The molecule has 1 aromatic heterocycles. The number of hydrogen-bond donors (Lipinski definition) is 0. The quantitative estimate of drug-likeness (QED) is 0.521. The Kier molecular flexibility index (Phi) is 5.22. The molecule has 4 rings (SSSR count). The van der Waals surface area contributed by atoms with Gasteiger partial charge in [-0.2, -0.15) is 0 Å². The van der Waals surface area contributed by atoms with Crippen molar-refractivity contribution >= 4 is 38.4 Å². The molecular weight excluding hydrogens is 398 g/mol. The van der Waals surface area contributed by atoms with Gasteiger partial charge in [0.15, 0.2) is 15.0 Å². The molecule has 0 bridgehead atoms. The van der Waals surface area contributed by atoms with E-state index in [-0.39, 0.29) is 40.8 Å². The fraction of sp³-hybridized carbons (Fsp3) is 0.526. The molecule has 2 aromatic rings. The van der Waals surface area contributed by atoms with Crippen LogP contribution in [0.5, 0.6) is 0 Å². The summed E-state index contributed by atoms with van der Waals surface area (Å²) in [5.74, 6) is 0.300. The number of carbonyl (C=O) groups is 1. The van der Waals surface area contributed by atoms with Crippen LogP contribution < -0.4 is 5.56 Å². The molecule has 9 heteroatoms. The van der Waals surface area contributed by atoms with E-state index in [2.05, 4.69) is 4.98 Å². The summed E-state index contributed by atoms with van der Waals surface area (Å²) in [4.78, 5) is 32.0. The summed E-state index contributed by atoms with van der Waals surface area (Å²) in [5, 5.41) is 1.09. The Morgan fingerprint density at radius 1 is 1.25 bits per heavy atom. The lowest BCUT2D eigenvalue weighted by atomic mass is 10.2. The van der Waals surface area contributed by atoms with E-state index in [0.717, 1.165) is 12.8 Å². The molecule has 7 nitrogen and oxygen atoms in total. The van der Waals surface area contributed by atoms with Crippen LogP contribution in [0.4, 0.5) is 0 Å². The minimum Gasteiger partial charge on any atom is -0.335 e. The molecule has 1 amide bonds. The number of rotatable bonds is 6. The van der Waals surface area contributed by atoms with Gasteiger partial charge in [0, 0.05) is 18.6 Å². The summed E-state index contributed by atoms with van der Waals surface area (Å²) < 4.78 is 25.3. The van der Waals surface area contributed by atoms with E-state index in [9.17, 15) is 18.0 Å². The number of fused-ring (bicyclic) bond motifs is 1. The van der Waals surface area contributed by atoms with Crippen LogP contribution in [-0.2, 0) is 21.2 Å². The predicted molar refractivity (Wildman–Crippen MR) is 109 cm³/mol. The van der Waals surface area contributed by atoms with Gasteiger partial charge in [0.2, 0.25) is 5.91 Å². The van der Waals surface area contributed by atoms with E-state index in [4.69, 9.17) is 0 Å². The van der Waals surface area contributed by atoms with Crippen molar-refractivity contribution in [3.8, 4) is 0 Å². The highest BCUT2D eigenvalue weighted by Crippen LogP contribution is 2.33. The normalized spacial score (nSPS) is 21.1. The van der Waals surface area contributed by atoms with E-state index in [1.54, 1.807) is 21.6 Å². The summed E-state index contributed by atoms with van der Waals surface area (Å²) >= 11 is 1.25. The smallest absolute Gasteiger partial charge is 0.262 e. The monoisotopic (exact) mass is 421 g/mol. The highest BCUT2D eigenvalue weighted by Gasteiger charge is 2.41. The first-order valence-electron chi connectivity index (χ1n) is 9.53.